The first-order valence-electron chi connectivity index (χ1n) is 24.7. The molecule has 0 spiro atoms. The van der Waals surface area contributed by atoms with Crippen molar-refractivity contribution in [3.05, 3.63) is 42.9 Å². The molecule has 1 heterocycles. The Hall–Kier alpha value is -6.44. The van der Waals surface area contributed by atoms with Crippen LogP contribution in [0.4, 0.5) is 4.79 Å². The standard InChI is InChI=1S/C48H75N9O16/c1-55-24-23-49-35(30-57(32-44(65)66)28-27-56(26-25-55)31-43(63)64)29-41(60)52-38(47(71)73-33-34-13-5-4-6-14-34)16-10-12-22-51-40(59)18-8-3-2-7-17-39(58)50-21-11-9-15-36(45(67)68)53-48(72)54-37(46(69)70)19-20-42(61)62/h1,4-6,13-14,35-38,49H,2-3,7-12,15-33H2,(H,50,58)(H,51,59)(H,52,60)(H,61,62)(H,63,64)(H,65,66)(H,67,68)(H,69,70)(H2,53,54,72)/t35?,36-,37-,38?/m0/s1. The summed E-state index contributed by atoms with van der Waals surface area (Å²) in [6.45, 7) is 2.08. The van der Waals surface area contributed by atoms with Gasteiger partial charge in [0.05, 0.1) is 13.1 Å². The molecule has 1 aliphatic heterocycles. The number of esters is 1. The number of amides is 5. The van der Waals surface area contributed by atoms with Crippen molar-refractivity contribution in [3.63, 3.8) is 0 Å². The maximum absolute atomic E-state index is 13.6. The number of rotatable bonds is 34. The van der Waals surface area contributed by atoms with Crippen molar-refractivity contribution in [2.75, 3.05) is 72.0 Å². The highest BCUT2D eigenvalue weighted by molar-refractivity contribution is 5.86. The van der Waals surface area contributed by atoms with Crippen molar-refractivity contribution in [1.29, 1.82) is 0 Å². The molecule has 1 aromatic carbocycles. The lowest BCUT2D eigenvalue weighted by Gasteiger charge is -2.32. The molecule has 4 atom stereocenters. The van der Waals surface area contributed by atoms with E-state index in [-0.39, 0.29) is 96.2 Å². The van der Waals surface area contributed by atoms with Crippen LogP contribution in [0, 0.1) is 7.05 Å². The van der Waals surface area contributed by atoms with E-state index in [0.717, 1.165) is 5.56 Å². The Morgan fingerprint density at radius 3 is 1.68 bits per heavy atom. The lowest BCUT2D eigenvalue weighted by atomic mass is 10.1. The van der Waals surface area contributed by atoms with Crippen molar-refractivity contribution in [1.82, 2.24) is 46.6 Å². The molecule has 2 unspecified atom stereocenters. The van der Waals surface area contributed by atoms with Crippen LogP contribution in [0.2, 0.25) is 0 Å². The van der Waals surface area contributed by atoms with Gasteiger partial charge in [-0.15, -0.1) is 0 Å². The summed E-state index contributed by atoms with van der Waals surface area (Å²) in [7, 11) is 6.13. The van der Waals surface area contributed by atoms with Crippen LogP contribution in [-0.4, -0.2) is 196 Å². The summed E-state index contributed by atoms with van der Waals surface area (Å²) >= 11 is 0. The average Bonchev–Trinajstić information content (AvgIpc) is 3.32. The van der Waals surface area contributed by atoms with Crippen LogP contribution in [0.3, 0.4) is 0 Å². The zero-order valence-electron chi connectivity index (χ0n) is 41.4. The highest BCUT2D eigenvalue weighted by Gasteiger charge is 2.27. The van der Waals surface area contributed by atoms with Crippen molar-refractivity contribution in [3.8, 4) is 0 Å². The normalized spacial score (nSPS) is 16.2. The number of carboxylic acids is 5. The smallest absolute Gasteiger partial charge is 0.328 e. The van der Waals surface area contributed by atoms with Crippen molar-refractivity contribution < 1.29 is 78.2 Å². The molecular formula is C48H75N9O16. The minimum atomic E-state index is -1.51. The lowest BCUT2D eigenvalue weighted by Crippen LogP contribution is -2.51. The van der Waals surface area contributed by atoms with Crippen molar-refractivity contribution in [2.45, 2.75) is 127 Å². The van der Waals surface area contributed by atoms with Gasteiger partial charge in [0, 0.05) is 97.7 Å². The number of nitrogens with one attached hydrogen (secondary N) is 6. The van der Waals surface area contributed by atoms with E-state index in [1.807, 2.05) is 18.2 Å². The van der Waals surface area contributed by atoms with Gasteiger partial charge in [0.25, 0.3) is 0 Å². The summed E-state index contributed by atoms with van der Waals surface area (Å²) in [6, 6.07) is 3.58. The molecule has 0 saturated carbocycles. The minimum Gasteiger partial charge on any atom is -0.481 e. The number of aliphatic carboxylic acids is 5. The third kappa shape index (κ3) is 30.9. The summed E-state index contributed by atoms with van der Waals surface area (Å²) in [5, 5.41) is 62.4. The second-order valence-electron chi connectivity index (χ2n) is 17.8. The van der Waals surface area contributed by atoms with Gasteiger partial charge in [0.15, 0.2) is 0 Å². The van der Waals surface area contributed by atoms with Gasteiger partial charge in [-0.25, -0.2) is 19.2 Å². The second-order valence-corrected chi connectivity index (χ2v) is 17.8. The van der Waals surface area contributed by atoms with Crippen LogP contribution in [0.1, 0.15) is 102 Å². The Kier molecular flexibility index (Phi) is 31.3. The number of unbranched alkanes of at least 4 members (excludes halogenated alkanes) is 5. The molecule has 1 aliphatic rings. The SMILES string of the molecule is [CH]N1CCNC(CC(=O)NC(CCCCNC(=O)CCCCCCC(=O)NCCCC[C@H](NC(=O)N[C@@H](CCC(=O)O)C(=O)O)C(=O)O)C(=O)OCc2ccccc2)CN(CC(=O)O)CCN(CC(=O)O)CC1. The average molecular weight is 1030 g/mol. The molecule has 25 heteroatoms. The van der Waals surface area contributed by atoms with Crippen LogP contribution in [0.5, 0.6) is 0 Å². The molecule has 1 fully saturated rings. The Labute approximate surface area is 425 Å². The fourth-order valence-electron chi connectivity index (χ4n) is 7.68. The topological polar surface area (TPSA) is 363 Å². The van der Waals surface area contributed by atoms with E-state index in [2.05, 4.69) is 31.9 Å². The van der Waals surface area contributed by atoms with Gasteiger partial charge in [0.1, 0.15) is 24.7 Å². The van der Waals surface area contributed by atoms with Gasteiger partial charge >= 0.3 is 41.8 Å². The Balaban J connectivity index is 1.76. The zero-order valence-corrected chi connectivity index (χ0v) is 41.4. The van der Waals surface area contributed by atoms with E-state index in [9.17, 15) is 68.4 Å². The predicted octanol–water partition coefficient (Wildman–Crippen LogP) is 0.304. The number of nitrogens with zero attached hydrogens (tertiary/aromatic N) is 3. The van der Waals surface area contributed by atoms with E-state index >= 15 is 0 Å². The molecule has 25 nitrogen and oxygen atoms in total. The fourth-order valence-corrected chi connectivity index (χ4v) is 7.68. The van der Waals surface area contributed by atoms with Crippen LogP contribution >= 0.6 is 0 Å². The molecule has 2 rings (SSSR count). The number of urea groups is 1. The molecule has 0 aliphatic carbocycles. The highest BCUT2D eigenvalue weighted by Crippen LogP contribution is 2.11. The van der Waals surface area contributed by atoms with Crippen LogP contribution in [0.25, 0.3) is 0 Å². The maximum atomic E-state index is 13.6. The predicted molar refractivity (Wildman–Crippen MR) is 261 cm³/mol. The molecule has 11 N–H and O–H groups in total. The summed E-state index contributed by atoms with van der Waals surface area (Å²) in [6.07, 6.45) is 4.04. The summed E-state index contributed by atoms with van der Waals surface area (Å²) in [5.74, 6) is -7.61. The van der Waals surface area contributed by atoms with E-state index in [1.165, 1.54) is 4.90 Å². The van der Waals surface area contributed by atoms with E-state index in [0.29, 0.717) is 84.1 Å². The van der Waals surface area contributed by atoms with Crippen molar-refractivity contribution in [2.24, 2.45) is 0 Å². The molecule has 1 aromatic rings. The first-order valence-corrected chi connectivity index (χ1v) is 24.7. The third-order valence-corrected chi connectivity index (χ3v) is 11.6. The summed E-state index contributed by atoms with van der Waals surface area (Å²) < 4.78 is 5.58. The number of carbonyl (C=O) groups excluding carboxylic acids is 5. The molecule has 73 heavy (non-hydrogen) atoms. The highest BCUT2D eigenvalue weighted by atomic mass is 16.5. The third-order valence-electron chi connectivity index (χ3n) is 11.6. The van der Waals surface area contributed by atoms with Crippen molar-refractivity contribution >= 4 is 59.6 Å². The first kappa shape index (κ1) is 62.7. The number of ether oxygens (including phenoxy) is 1. The molecule has 0 aromatic heterocycles. The largest absolute Gasteiger partial charge is 0.481 e. The fraction of sp³-hybridized carbons (Fsp3) is 0.646. The molecule has 5 amide bonds. The molecule has 0 bridgehead atoms. The van der Waals surface area contributed by atoms with E-state index < -0.39 is 78.3 Å². The van der Waals surface area contributed by atoms with E-state index in [1.54, 1.807) is 21.9 Å². The van der Waals surface area contributed by atoms with Crippen LogP contribution in [0.15, 0.2) is 30.3 Å². The van der Waals surface area contributed by atoms with Gasteiger partial charge < -0.3 is 62.2 Å². The summed E-state index contributed by atoms with van der Waals surface area (Å²) in [5.41, 5.74) is 0.757. The number of hydrogen-bond acceptors (Lipinski definition) is 15. The number of hydrogen-bond donors (Lipinski definition) is 11. The van der Waals surface area contributed by atoms with E-state index in [4.69, 9.17) is 16.9 Å². The summed E-state index contributed by atoms with van der Waals surface area (Å²) in [4.78, 5) is 126. The zero-order chi connectivity index (χ0) is 54.0. The van der Waals surface area contributed by atoms with Gasteiger partial charge in [-0.05, 0) is 63.4 Å². The lowest BCUT2D eigenvalue weighted by molar-refractivity contribution is -0.149. The Bertz CT molecular complexity index is 1910. The molecule has 408 valence electrons. The molecular weight excluding hydrogens is 959 g/mol. The molecule has 2 radical (unpaired) electrons. The number of carbonyl (C=O) groups is 10. The van der Waals surface area contributed by atoms with Gasteiger partial charge in [-0.1, -0.05) is 43.2 Å². The van der Waals surface area contributed by atoms with Crippen LogP contribution < -0.4 is 31.9 Å². The quantitative estimate of drug-likeness (QED) is 0.0327. The maximum Gasteiger partial charge on any atom is 0.328 e. The van der Waals surface area contributed by atoms with Crippen LogP contribution in [-0.2, 0) is 54.5 Å². The van der Waals surface area contributed by atoms with Gasteiger partial charge in [-0.2, -0.15) is 0 Å². The number of benzene rings is 1. The Morgan fingerprint density at radius 2 is 1.12 bits per heavy atom. The van der Waals surface area contributed by atoms with Gasteiger partial charge in [-0.3, -0.25) is 43.5 Å². The molecule has 1 saturated heterocycles. The second kappa shape index (κ2) is 36.5. The monoisotopic (exact) mass is 1030 g/mol. The Morgan fingerprint density at radius 1 is 0.589 bits per heavy atom. The number of carboxylic acid groups (broad SMARTS) is 5. The minimum absolute atomic E-state index is 0.00261. The van der Waals surface area contributed by atoms with Gasteiger partial charge in [0.2, 0.25) is 17.7 Å². The first-order chi connectivity index (χ1) is 34.8.